The van der Waals surface area contributed by atoms with E-state index in [9.17, 15) is 27.9 Å². The maximum Gasteiger partial charge on any atom is 1.00 e. The van der Waals surface area contributed by atoms with Gasteiger partial charge < -0.3 is 24.4 Å². The number of halogens is 3. The average Bonchev–Trinajstić information content (AvgIpc) is 3.44. The Labute approximate surface area is 264 Å². The summed E-state index contributed by atoms with van der Waals surface area (Å²) in [5, 5.41) is 14.2. The number of carbonyl (C=O) groups is 2. The summed E-state index contributed by atoms with van der Waals surface area (Å²) < 4.78 is 50.1. The molecule has 0 aliphatic rings. The molecule has 1 amide bonds. The van der Waals surface area contributed by atoms with Crippen LogP contribution in [0.1, 0.15) is 39.2 Å². The van der Waals surface area contributed by atoms with Crippen LogP contribution in [0.5, 0.6) is 0 Å². The Morgan fingerprint density at radius 3 is 2.35 bits per heavy atom. The van der Waals surface area contributed by atoms with E-state index < -0.39 is 29.7 Å². The van der Waals surface area contributed by atoms with Crippen molar-refractivity contribution in [1.82, 2.24) is 5.32 Å². The third-order valence-corrected chi connectivity index (χ3v) is 7.28. The van der Waals surface area contributed by atoms with E-state index in [1.54, 1.807) is 24.3 Å². The molecule has 0 aliphatic heterocycles. The van der Waals surface area contributed by atoms with Gasteiger partial charge in [-0.1, -0.05) is 42.5 Å². The monoisotopic (exact) mass is 603 g/mol. The van der Waals surface area contributed by atoms with Crippen LogP contribution in [0.4, 0.5) is 13.2 Å². The molecular formula is C32H29F3LiNO5S. The number of ether oxygens (including phenoxy) is 1. The number of carboxylic acid groups (broad SMARTS) is 1. The molecule has 0 saturated heterocycles. The standard InChI is InChI=1S/C32H30F3NO5S.Li/c1-20-5-3-4-6-25(20)27-17-21(7-13-26(27)30(37)36-28(31(38)39)15-16-42-2)18-40-19-24-12-14-29(41-24)22-8-10-23(11-9-22)32(33,34)35;/h3-14,17,28H,15-16,18-19H2,1-2H3,(H,36,37)(H,38,39);/q;+1/p-1/t28-;/m0./s1. The van der Waals surface area contributed by atoms with Gasteiger partial charge >= 0.3 is 25.0 Å². The second-order valence-corrected chi connectivity index (χ2v) is 10.6. The number of hydrogen-bond donors (Lipinski definition) is 1. The van der Waals surface area contributed by atoms with Crippen molar-refractivity contribution in [2.45, 2.75) is 38.8 Å². The van der Waals surface area contributed by atoms with Gasteiger partial charge in [-0.2, -0.15) is 24.9 Å². The topological polar surface area (TPSA) is 91.6 Å². The van der Waals surface area contributed by atoms with E-state index in [1.807, 2.05) is 43.5 Å². The zero-order valence-electron chi connectivity index (χ0n) is 24.0. The number of benzene rings is 3. The van der Waals surface area contributed by atoms with Gasteiger partial charge in [-0.25, -0.2) is 0 Å². The Bertz CT molecular complexity index is 1540. The van der Waals surface area contributed by atoms with Crippen LogP contribution in [0.2, 0.25) is 0 Å². The maximum atomic E-state index is 13.2. The Morgan fingerprint density at radius 1 is 0.977 bits per heavy atom. The third-order valence-electron chi connectivity index (χ3n) is 6.64. The summed E-state index contributed by atoms with van der Waals surface area (Å²) in [6, 6.07) is 19.8. The van der Waals surface area contributed by atoms with Crippen molar-refractivity contribution in [3.8, 4) is 22.5 Å². The van der Waals surface area contributed by atoms with Gasteiger partial charge in [0, 0.05) is 11.1 Å². The maximum absolute atomic E-state index is 13.2. The van der Waals surface area contributed by atoms with E-state index in [0.29, 0.717) is 34.0 Å². The van der Waals surface area contributed by atoms with Crippen LogP contribution in [0.25, 0.3) is 22.5 Å². The number of carboxylic acids is 1. The second kappa shape index (κ2) is 15.3. The Kier molecular flexibility index (Phi) is 12.2. The number of nitrogens with one attached hydrogen (secondary N) is 1. The number of rotatable bonds is 12. The molecule has 1 aromatic heterocycles. The molecule has 11 heteroatoms. The van der Waals surface area contributed by atoms with E-state index in [2.05, 4.69) is 5.32 Å². The first-order chi connectivity index (χ1) is 20.1. The first-order valence-corrected chi connectivity index (χ1v) is 14.5. The molecule has 0 spiro atoms. The summed E-state index contributed by atoms with van der Waals surface area (Å²) in [5.41, 5.74) is 3.29. The summed E-state index contributed by atoms with van der Waals surface area (Å²) in [7, 11) is 0. The van der Waals surface area contributed by atoms with Crippen LogP contribution >= 0.6 is 11.8 Å². The number of aliphatic carboxylic acids is 1. The molecule has 4 aromatic rings. The van der Waals surface area contributed by atoms with Crippen molar-refractivity contribution in [3.05, 3.63) is 107 Å². The quantitative estimate of drug-likeness (QED) is 0.250. The minimum Gasteiger partial charge on any atom is -0.548 e. The Hall–Kier alpha value is -3.42. The summed E-state index contributed by atoms with van der Waals surface area (Å²) >= 11 is 1.48. The molecule has 6 nitrogen and oxygen atoms in total. The molecule has 3 aromatic carbocycles. The summed E-state index contributed by atoms with van der Waals surface area (Å²) in [6.45, 7) is 2.23. The Balaban J connectivity index is 0.00000506. The fraction of sp³-hybridized carbons (Fsp3) is 0.250. The van der Waals surface area contributed by atoms with Gasteiger partial charge in [-0.15, -0.1) is 0 Å². The molecule has 4 rings (SSSR count). The molecule has 0 fully saturated rings. The molecule has 1 atom stereocenters. The molecule has 1 heterocycles. The summed E-state index contributed by atoms with van der Waals surface area (Å²) in [6.07, 6.45) is -2.31. The largest absolute Gasteiger partial charge is 1.00 e. The summed E-state index contributed by atoms with van der Waals surface area (Å²) in [5.74, 6) is -0.367. The van der Waals surface area contributed by atoms with E-state index in [0.717, 1.165) is 28.8 Å². The number of amides is 1. The molecule has 0 bridgehead atoms. The van der Waals surface area contributed by atoms with Crippen molar-refractivity contribution < 1.29 is 55.9 Å². The first kappa shape index (κ1) is 34.1. The SMILES string of the molecule is CSCC[C@H](NC(=O)c1ccc(COCc2ccc(-c3ccc(C(F)(F)F)cc3)o2)cc1-c1ccccc1C)C(=O)[O-].[Li+]. The number of aryl methyl sites for hydroxylation is 1. The van der Waals surface area contributed by atoms with E-state index in [1.165, 1.54) is 23.9 Å². The third kappa shape index (κ3) is 9.04. The van der Waals surface area contributed by atoms with Crippen molar-refractivity contribution in [2.24, 2.45) is 0 Å². The van der Waals surface area contributed by atoms with Gasteiger partial charge in [0.05, 0.1) is 24.2 Å². The number of thioether (sulfide) groups is 1. The molecule has 43 heavy (non-hydrogen) atoms. The van der Waals surface area contributed by atoms with Crippen LogP contribution in [-0.4, -0.2) is 29.9 Å². The van der Waals surface area contributed by atoms with Crippen molar-refractivity contribution in [3.63, 3.8) is 0 Å². The van der Waals surface area contributed by atoms with Crippen LogP contribution in [0.3, 0.4) is 0 Å². The Morgan fingerprint density at radius 2 is 1.70 bits per heavy atom. The second-order valence-electron chi connectivity index (χ2n) is 9.66. The van der Waals surface area contributed by atoms with Gasteiger partial charge in [0.1, 0.15) is 18.1 Å². The van der Waals surface area contributed by atoms with Crippen LogP contribution in [0.15, 0.2) is 83.3 Å². The van der Waals surface area contributed by atoms with Crippen molar-refractivity contribution >= 4 is 23.6 Å². The van der Waals surface area contributed by atoms with Gasteiger partial charge in [-0.3, -0.25) is 4.79 Å². The molecule has 0 radical (unpaired) electrons. The molecule has 1 N–H and O–H groups in total. The minimum absolute atomic E-state index is 0. The van der Waals surface area contributed by atoms with Gasteiger partial charge in [-0.05, 0) is 84.0 Å². The molecule has 0 saturated carbocycles. The predicted octanol–water partition coefficient (Wildman–Crippen LogP) is 3.26. The number of furan rings is 1. The van der Waals surface area contributed by atoms with Crippen molar-refractivity contribution in [1.29, 1.82) is 0 Å². The van der Waals surface area contributed by atoms with Gasteiger partial charge in [0.2, 0.25) is 0 Å². The fourth-order valence-corrected chi connectivity index (χ4v) is 4.87. The first-order valence-electron chi connectivity index (χ1n) is 13.1. The van der Waals surface area contributed by atoms with E-state index in [-0.39, 0.29) is 38.5 Å². The number of carbonyl (C=O) groups excluding carboxylic acids is 2. The summed E-state index contributed by atoms with van der Waals surface area (Å²) in [4.78, 5) is 24.8. The normalized spacial score (nSPS) is 11.9. The predicted molar refractivity (Wildman–Crippen MR) is 154 cm³/mol. The molecule has 220 valence electrons. The smallest absolute Gasteiger partial charge is 0.548 e. The average molecular weight is 604 g/mol. The van der Waals surface area contributed by atoms with Crippen LogP contribution in [0, 0.1) is 6.92 Å². The van der Waals surface area contributed by atoms with Crippen LogP contribution in [-0.2, 0) is 28.9 Å². The van der Waals surface area contributed by atoms with Crippen LogP contribution < -0.4 is 29.3 Å². The zero-order valence-corrected chi connectivity index (χ0v) is 24.8. The van der Waals surface area contributed by atoms with Gasteiger partial charge in [0.15, 0.2) is 0 Å². The minimum atomic E-state index is -4.41. The zero-order chi connectivity index (χ0) is 30.3. The van der Waals surface area contributed by atoms with Crippen molar-refractivity contribution in [2.75, 3.05) is 12.0 Å². The molecule has 0 unspecified atom stereocenters. The number of hydrogen-bond acceptors (Lipinski definition) is 6. The van der Waals surface area contributed by atoms with Gasteiger partial charge in [0.25, 0.3) is 5.91 Å². The number of alkyl halides is 3. The van der Waals surface area contributed by atoms with E-state index >= 15 is 0 Å². The molecular weight excluding hydrogens is 574 g/mol. The molecule has 0 aliphatic carbocycles. The fourth-order valence-electron chi connectivity index (χ4n) is 4.40. The van der Waals surface area contributed by atoms with E-state index in [4.69, 9.17) is 9.15 Å².